The molecule has 8 nitrogen and oxygen atoms in total. The van der Waals surface area contributed by atoms with Gasteiger partial charge in [0.2, 0.25) is 5.91 Å². The van der Waals surface area contributed by atoms with Gasteiger partial charge in [-0.2, -0.15) is 13.2 Å². The van der Waals surface area contributed by atoms with Crippen LogP contribution in [0.2, 0.25) is 0 Å². The first kappa shape index (κ1) is 21.2. The number of nitrogens with one attached hydrogen (secondary N) is 1. The fourth-order valence-electron chi connectivity index (χ4n) is 3.11. The summed E-state index contributed by atoms with van der Waals surface area (Å²) in [7, 11) is -2.28. The van der Waals surface area contributed by atoms with Crippen LogP contribution < -0.4 is 5.32 Å². The zero-order valence-electron chi connectivity index (χ0n) is 16.6. The third-order valence-corrected chi connectivity index (χ3v) is 6.77. The standard InChI is InChI=1S/C19H18F3N5O3S/c1-3-31(29,30)14-7-12(25-18(28)10-4-5-10)9-23-15(14)17-26-13-6-11(19(20,21)22)8-24-16(13)27(17)2/h6-10H,3-5H2,1-2H3,(H,25,28). The number of hydrogen-bond acceptors (Lipinski definition) is 6. The molecule has 0 spiro atoms. The van der Waals surface area contributed by atoms with Gasteiger partial charge in [-0.15, -0.1) is 0 Å². The van der Waals surface area contributed by atoms with Crippen LogP contribution in [0.3, 0.4) is 0 Å². The maximum Gasteiger partial charge on any atom is 0.417 e. The minimum atomic E-state index is -4.59. The highest BCUT2D eigenvalue weighted by Crippen LogP contribution is 2.34. The maximum absolute atomic E-state index is 13.0. The molecule has 3 aromatic heterocycles. The molecule has 0 bridgehead atoms. The lowest BCUT2D eigenvalue weighted by Crippen LogP contribution is -2.15. The van der Waals surface area contributed by atoms with Crippen molar-refractivity contribution in [2.24, 2.45) is 13.0 Å². The van der Waals surface area contributed by atoms with Crippen LogP contribution in [0.5, 0.6) is 0 Å². The van der Waals surface area contributed by atoms with Crippen molar-refractivity contribution >= 4 is 32.6 Å². The lowest BCUT2D eigenvalue weighted by atomic mass is 10.2. The van der Waals surface area contributed by atoms with Crippen LogP contribution in [0.25, 0.3) is 22.7 Å². The summed E-state index contributed by atoms with van der Waals surface area (Å²) in [5.41, 5.74) is -0.655. The molecule has 1 fully saturated rings. The quantitative estimate of drug-likeness (QED) is 0.636. The van der Waals surface area contributed by atoms with Crippen molar-refractivity contribution in [1.82, 2.24) is 19.5 Å². The van der Waals surface area contributed by atoms with E-state index in [1.165, 1.54) is 30.8 Å². The number of imidazole rings is 1. The molecule has 164 valence electrons. The lowest BCUT2D eigenvalue weighted by Gasteiger charge is -2.11. The third kappa shape index (κ3) is 3.99. The highest BCUT2D eigenvalue weighted by Gasteiger charge is 2.33. The van der Waals surface area contributed by atoms with Crippen LogP contribution in [0.15, 0.2) is 29.4 Å². The second-order valence-corrected chi connectivity index (χ2v) is 9.54. The fourth-order valence-corrected chi connectivity index (χ4v) is 4.16. The number of hydrogen-bond donors (Lipinski definition) is 1. The number of carbonyl (C=O) groups is 1. The molecule has 4 rings (SSSR count). The van der Waals surface area contributed by atoms with Crippen LogP contribution >= 0.6 is 0 Å². The molecule has 0 aromatic carbocycles. The number of anilines is 1. The van der Waals surface area contributed by atoms with Gasteiger partial charge in [-0.05, 0) is 25.0 Å². The summed E-state index contributed by atoms with van der Waals surface area (Å²) in [5, 5.41) is 2.65. The van der Waals surface area contributed by atoms with Gasteiger partial charge in [-0.25, -0.2) is 23.4 Å². The van der Waals surface area contributed by atoms with Gasteiger partial charge in [-0.1, -0.05) is 6.92 Å². The SMILES string of the molecule is CCS(=O)(=O)c1cc(NC(=O)C2CC2)cnc1-c1nc2cc(C(F)(F)F)cnc2n1C. The summed E-state index contributed by atoms with van der Waals surface area (Å²) in [5.74, 6) is -0.475. The maximum atomic E-state index is 13.0. The van der Waals surface area contributed by atoms with Crippen molar-refractivity contribution in [3.8, 4) is 11.5 Å². The first-order valence-corrected chi connectivity index (χ1v) is 11.1. The Kier molecular flexibility index (Phi) is 4.99. The number of nitrogens with zero attached hydrogens (tertiary/aromatic N) is 4. The molecule has 0 atom stereocenters. The minimum absolute atomic E-state index is 0.0275. The molecule has 0 unspecified atom stereocenters. The Hall–Kier alpha value is -3.02. The zero-order chi connectivity index (χ0) is 22.6. The van der Waals surface area contributed by atoms with E-state index in [4.69, 9.17) is 0 Å². The van der Waals surface area contributed by atoms with Gasteiger partial charge >= 0.3 is 6.18 Å². The molecular formula is C19H18F3N5O3S. The van der Waals surface area contributed by atoms with Gasteiger partial charge in [0.15, 0.2) is 21.3 Å². The average Bonchev–Trinajstić information content (AvgIpc) is 3.52. The highest BCUT2D eigenvalue weighted by atomic mass is 32.2. The first-order chi connectivity index (χ1) is 14.5. The van der Waals surface area contributed by atoms with E-state index in [0.29, 0.717) is 6.20 Å². The molecule has 3 heterocycles. The first-order valence-electron chi connectivity index (χ1n) is 9.45. The summed E-state index contributed by atoms with van der Waals surface area (Å²) in [6.07, 6.45) is -1.02. The number of amides is 1. The summed E-state index contributed by atoms with van der Waals surface area (Å²) >= 11 is 0. The van der Waals surface area contributed by atoms with E-state index in [9.17, 15) is 26.4 Å². The van der Waals surface area contributed by atoms with Gasteiger partial charge < -0.3 is 9.88 Å². The normalized spacial score (nSPS) is 14.7. The Labute approximate surface area is 175 Å². The van der Waals surface area contributed by atoms with Crippen molar-refractivity contribution in [3.63, 3.8) is 0 Å². The largest absolute Gasteiger partial charge is 0.417 e. The monoisotopic (exact) mass is 453 g/mol. The number of carbonyl (C=O) groups excluding carboxylic acids is 1. The van der Waals surface area contributed by atoms with E-state index in [1.807, 2.05) is 0 Å². The van der Waals surface area contributed by atoms with Gasteiger partial charge in [0.1, 0.15) is 11.2 Å². The Morgan fingerprint density at radius 2 is 1.94 bits per heavy atom. The number of halogens is 3. The summed E-state index contributed by atoms with van der Waals surface area (Å²) in [4.78, 5) is 24.1. The smallest absolute Gasteiger partial charge is 0.324 e. The average molecular weight is 453 g/mol. The summed E-state index contributed by atoms with van der Waals surface area (Å²) < 4.78 is 65.9. The van der Waals surface area contributed by atoms with Gasteiger partial charge in [0, 0.05) is 19.2 Å². The number of rotatable bonds is 5. The molecule has 0 saturated heterocycles. The molecule has 1 aliphatic carbocycles. The third-order valence-electron chi connectivity index (χ3n) is 5.03. The molecule has 31 heavy (non-hydrogen) atoms. The minimum Gasteiger partial charge on any atom is -0.324 e. The molecule has 1 aliphatic rings. The summed E-state index contributed by atoms with van der Waals surface area (Å²) in [6, 6.07) is 2.15. The fraction of sp³-hybridized carbons (Fsp3) is 0.368. The Bertz CT molecular complexity index is 1300. The van der Waals surface area contributed by atoms with Crippen LogP contribution in [0.4, 0.5) is 18.9 Å². The van der Waals surface area contributed by atoms with Crippen LogP contribution in [-0.4, -0.2) is 39.6 Å². The van der Waals surface area contributed by atoms with Crippen LogP contribution in [0, 0.1) is 5.92 Å². The number of alkyl halides is 3. The summed E-state index contributed by atoms with van der Waals surface area (Å²) in [6.45, 7) is 1.46. The molecule has 1 saturated carbocycles. The van der Waals surface area contributed by atoms with Crippen LogP contribution in [-0.2, 0) is 27.9 Å². The number of pyridine rings is 2. The molecule has 0 aliphatic heterocycles. The topological polar surface area (TPSA) is 107 Å². The van der Waals surface area contributed by atoms with Gasteiger partial charge in [-0.3, -0.25) is 4.79 Å². The van der Waals surface area contributed by atoms with Gasteiger partial charge in [0.25, 0.3) is 0 Å². The number of aryl methyl sites for hydroxylation is 1. The molecule has 12 heteroatoms. The molecule has 3 aromatic rings. The number of aromatic nitrogens is 4. The predicted octanol–water partition coefficient (Wildman–Crippen LogP) is 3.19. The molecule has 1 N–H and O–H groups in total. The van der Waals surface area contributed by atoms with E-state index < -0.39 is 21.6 Å². The van der Waals surface area contributed by atoms with Crippen LogP contribution in [0.1, 0.15) is 25.3 Å². The second-order valence-electron chi connectivity index (χ2n) is 7.30. The Morgan fingerprint density at radius 1 is 1.23 bits per heavy atom. The molecular weight excluding hydrogens is 435 g/mol. The van der Waals surface area contributed by atoms with Gasteiger partial charge in [0.05, 0.1) is 28.1 Å². The van der Waals surface area contributed by atoms with E-state index in [2.05, 4.69) is 20.3 Å². The molecule has 1 amide bonds. The van der Waals surface area contributed by atoms with Crippen molar-refractivity contribution in [2.75, 3.05) is 11.1 Å². The van der Waals surface area contributed by atoms with E-state index in [-0.39, 0.29) is 50.8 Å². The highest BCUT2D eigenvalue weighted by molar-refractivity contribution is 7.91. The zero-order valence-corrected chi connectivity index (χ0v) is 17.4. The van der Waals surface area contributed by atoms with Crippen molar-refractivity contribution in [3.05, 3.63) is 30.1 Å². The predicted molar refractivity (Wildman–Crippen MR) is 106 cm³/mol. The van der Waals surface area contributed by atoms with E-state index >= 15 is 0 Å². The van der Waals surface area contributed by atoms with Crippen molar-refractivity contribution in [2.45, 2.75) is 30.8 Å². The van der Waals surface area contributed by atoms with Crippen molar-refractivity contribution in [1.29, 1.82) is 0 Å². The van der Waals surface area contributed by atoms with E-state index in [1.54, 1.807) is 0 Å². The van der Waals surface area contributed by atoms with Crippen molar-refractivity contribution < 1.29 is 26.4 Å². The Morgan fingerprint density at radius 3 is 2.55 bits per heavy atom. The molecule has 0 radical (unpaired) electrons. The van der Waals surface area contributed by atoms with E-state index in [0.717, 1.165) is 18.9 Å². The second kappa shape index (κ2) is 7.29. The number of fused-ring (bicyclic) bond motifs is 1. The Balaban J connectivity index is 1.85. The number of sulfone groups is 1. The lowest BCUT2D eigenvalue weighted by molar-refractivity contribution is -0.137.